The van der Waals surface area contributed by atoms with Gasteiger partial charge in [0.1, 0.15) is 26.9 Å². The van der Waals surface area contributed by atoms with Gasteiger partial charge < -0.3 is 4.55 Å². The molecule has 0 aliphatic heterocycles. The number of carbonyl (C=O) groups is 2. The molecule has 12 heavy (non-hydrogen) atoms. The molecule has 0 saturated carbocycles. The first-order chi connectivity index (χ1) is 5.25. The summed E-state index contributed by atoms with van der Waals surface area (Å²) in [4.78, 5) is 21.0. The second kappa shape index (κ2) is 3.77. The smallest absolute Gasteiger partial charge is 0.147 e. The number of Topliss-reactive ketones (excluding diaryl/α,β-unsaturated/α-hetero) is 2. The normalized spacial score (nSPS) is 13.9. The molecule has 0 rings (SSSR count). The molecular formula is C6H9O5S-. The molecule has 70 valence electrons. The van der Waals surface area contributed by atoms with Gasteiger partial charge in [0, 0.05) is 6.42 Å². The highest BCUT2D eigenvalue weighted by atomic mass is 32.2. The van der Waals surface area contributed by atoms with Crippen LogP contribution in [0.3, 0.4) is 0 Å². The van der Waals surface area contributed by atoms with Gasteiger partial charge in [-0.1, -0.05) is 0 Å². The Morgan fingerprint density at radius 3 is 1.83 bits per heavy atom. The third-order valence-corrected chi connectivity index (χ3v) is 2.47. The Morgan fingerprint density at radius 1 is 1.33 bits per heavy atom. The van der Waals surface area contributed by atoms with E-state index >= 15 is 0 Å². The van der Waals surface area contributed by atoms with Gasteiger partial charge in [-0.25, -0.2) is 8.42 Å². The molecule has 0 aliphatic carbocycles. The number of carbonyl (C=O) groups excluding carboxylic acids is 2. The van der Waals surface area contributed by atoms with Crippen molar-refractivity contribution in [3.05, 3.63) is 0 Å². The van der Waals surface area contributed by atoms with Crippen LogP contribution in [0.15, 0.2) is 0 Å². The van der Waals surface area contributed by atoms with E-state index in [-0.39, 0.29) is 0 Å². The number of hydrogen-bond donors (Lipinski definition) is 0. The summed E-state index contributed by atoms with van der Waals surface area (Å²) in [5, 5.41) is -1.71. The molecule has 0 radical (unpaired) electrons. The predicted molar refractivity (Wildman–Crippen MR) is 39.5 cm³/mol. The molecule has 0 N–H and O–H groups in total. The van der Waals surface area contributed by atoms with Gasteiger partial charge in [0.2, 0.25) is 0 Å². The summed E-state index contributed by atoms with van der Waals surface area (Å²) in [6.45, 7) is 2.10. The second-order valence-corrected chi connectivity index (χ2v) is 4.05. The molecule has 0 fully saturated rings. The van der Waals surface area contributed by atoms with Crippen LogP contribution >= 0.6 is 0 Å². The second-order valence-electron chi connectivity index (χ2n) is 2.50. The van der Waals surface area contributed by atoms with Crippen molar-refractivity contribution >= 4 is 21.7 Å². The van der Waals surface area contributed by atoms with E-state index in [2.05, 4.69) is 0 Å². The molecule has 0 aromatic rings. The fourth-order valence-electron chi connectivity index (χ4n) is 0.710. The SMILES string of the molecule is CC(=O)CC(C(C)=O)S(=O)(=O)[O-]. The average molecular weight is 193 g/mol. The van der Waals surface area contributed by atoms with Crippen LogP contribution in [0.1, 0.15) is 20.3 Å². The molecule has 0 amide bonds. The molecule has 1 unspecified atom stereocenters. The summed E-state index contributed by atoms with van der Waals surface area (Å²) in [6, 6.07) is 0. The van der Waals surface area contributed by atoms with Crippen LogP contribution in [0.2, 0.25) is 0 Å². The molecule has 0 spiro atoms. The minimum Gasteiger partial charge on any atom is -0.747 e. The molecule has 5 nitrogen and oxygen atoms in total. The minimum absolute atomic E-state index is 0.491. The summed E-state index contributed by atoms with van der Waals surface area (Å²) in [5.41, 5.74) is 0. The van der Waals surface area contributed by atoms with E-state index in [4.69, 9.17) is 0 Å². The highest BCUT2D eigenvalue weighted by Crippen LogP contribution is 2.05. The summed E-state index contributed by atoms with van der Waals surface area (Å²) in [7, 11) is -4.68. The Morgan fingerprint density at radius 2 is 1.75 bits per heavy atom. The van der Waals surface area contributed by atoms with Crippen LogP contribution in [0.5, 0.6) is 0 Å². The van der Waals surface area contributed by atoms with E-state index in [1.54, 1.807) is 0 Å². The lowest BCUT2D eigenvalue weighted by Gasteiger charge is -2.15. The maximum Gasteiger partial charge on any atom is 0.147 e. The largest absolute Gasteiger partial charge is 0.747 e. The molecule has 0 aromatic carbocycles. The van der Waals surface area contributed by atoms with Crippen molar-refractivity contribution in [1.29, 1.82) is 0 Å². The Kier molecular flexibility index (Phi) is 3.54. The molecule has 1 atom stereocenters. The summed E-state index contributed by atoms with van der Waals surface area (Å²) < 4.78 is 31.1. The van der Waals surface area contributed by atoms with E-state index < -0.39 is 33.4 Å². The van der Waals surface area contributed by atoms with Gasteiger partial charge in [-0.2, -0.15) is 0 Å². The lowest BCUT2D eigenvalue weighted by molar-refractivity contribution is -0.121. The van der Waals surface area contributed by atoms with Crippen LogP contribution in [0.4, 0.5) is 0 Å². The summed E-state index contributed by atoms with van der Waals surface area (Å²) in [6.07, 6.45) is -0.527. The lowest BCUT2D eigenvalue weighted by Crippen LogP contribution is -2.30. The first-order valence-electron chi connectivity index (χ1n) is 3.19. The van der Waals surface area contributed by atoms with Crippen LogP contribution < -0.4 is 0 Å². The van der Waals surface area contributed by atoms with Gasteiger partial charge in [-0.15, -0.1) is 0 Å². The van der Waals surface area contributed by atoms with Crippen molar-refractivity contribution in [2.45, 2.75) is 25.5 Å². The topological polar surface area (TPSA) is 91.3 Å². The van der Waals surface area contributed by atoms with Gasteiger partial charge in [0.05, 0.1) is 0 Å². The van der Waals surface area contributed by atoms with Crippen LogP contribution in [-0.4, -0.2) is 29.8 Å². The van der Waals surface area contributed by atoms with E-state index in [0.717, 1.165) is 13.8 Å². The summed E-state index contributed by atoms with van der Waals surface area (Å²) >= 11 is 0. The van der Waals surface area contributed by atoms with E-state index in [0.29, 0.717) is 0 Å². The molecule has 0 saturated heterocycles. The van der Waals surface area contributed by atoms with E-state index in [1.165, 1.54) is 0 Å². The average Bonchev–Trinajstić information content (AvgIpc) is 1.79. The zero-order valence-corrected chi connectivity index (χ0v) is 7.55. The highest BCUT2D eigenvalue weighted by molar-refractivity contribution is 7.87. The summed E-state index contributed by atoms with van der Waals surface area (Å²) in [5.74, 6) is -1.28. The van der Waals surface area contributed by atoms with Crippen molar-refractivity contribution in [2.75, 3.05) is 0 Å². The molecular weight excluding hydrogens is 184 g/mol. The number of ketones is 2. The Balaban J connectivity index is 4.70. The van der Waals surface area contributed by atoms with Gasteiger partial charge >= 0.3 is 0 Å². The van der Waals surface area contributed by atoms with Crippen molar-refractivity contribution < 1.29 is 22.6 Å². The highest BCUT2D eigenvalue weighted by Gasteiger charge is 2.22. The zero-order chi connectivity index (χ0) is 9.94. The number of hydrogen-bond acceptors (Lipinski definition) is 5. The first kappa shape index (κ1) is 11.2. The van der Waals surface area contributed by atoms with Crippen molar-refractivity contribution in [1.82, 2.24) is 0 Å². The van der Waals surface area contributed by atoms with Gasteiger partial charge in [-0.3, -0.25) is 9.59 Å². The predicted octanol–water partition coefficient (Wildman–Crippen LogP) is -0.532. The molecule has 0 aromatic heterocycles. The Labute approximate surface area is 70.5 Å². The maximum absolute atomic E-state index is 10.6. The zero-order valence-electron chi connectivity index (χ0n) is 6.73. The van der Waals surface area contributed by atoms with Gasteiger partial charge in [0.25, 0.3) is 0 Å². The van der Waals surface area contributed by atoms with Crippen molar-refractivity contribution in [2.24, 2.45) is 0 Å². The maximum atomic E-state index is 10.6. The van der Waals surface area contributed by atoms with Crippen molar-refractivity contribution in [3.63, 3.8) is 0 Å². The number of rotatable bonds is 4. The van der Waals surface area contributed by atoms with Gasteiger partial charge in [-0.05, 0) is 13.8 Å². The first-order valence-corrected chi connectivity index (χ1v) is 4.67. The molecule has 6 heteroatoms. The molecule has 0 bridgehead atoms. The lowest BCUT2D eigenvalue weighted by atomic mass is 10.2. The van der Waals surface area contributed by atoms with Crippen molar-refractivity contribution in [3.8, 4) is 0 Å². The monoisotopic (exact) mass is 193 g/mol. The Hall–Kier alpha value is -0.750. The molecule has 0 heterocycles. The van der Waals surface area contributed by atoms with Crippen LogP contribution in [-0.2, 0) is 19.7 Å². The fraction of sp³-hybridized carbons (Fsp3) is 0.667. The Bertz CT molecular complexity index is 289. The van der Waals surface area contributed by atoms with Crippen LogP contribution in [0.25, 0.3) is 0 Å². The van der Waals surface area contributed by atoms with Gasteiger partial charge in [0.15, 0.2) is 0 Å². The third-order valence-electron chi connectivity index (χ3n) is 1.27. The minimum atomic E-state index is -4.68. The molecule has 0 aliphatic rings. The van der Waals surface area contributed by atoms with Crippen LogP contribution in [0, 0.1) is 0 Å². The standard InChI is InChI=1S/C6H10O5S/c1-4(7)3-6(5(2)8)12(9,10)11/h6H,3H2,1-2H3,(H,9,10,11)/p-1. The quantitative estimate of drug-likeness (QED) is 0.559. The third kappa shape index (κ3) is 3.59. The van der Waals surface area contributed by atoms with E-state index in [9.17, 15) is 22.6 Å². The fourth-order valence-corrected chi connectivity index (χ4v) is 1.56. The van der Waals surface area contributed by atoms with E-state index in [1.807, 2.05) is 0 Å².